The molecule has 0 saturated heterocycles. The van der Waals surface area contributed by atoms with E-state index < -0.39 is 24.0 Å². The lowest BCUT2D eigenvalue weighted by atomic mass is 10.0. The van der Waals surface area contributed by atoms with Gasteiger partial charge in [0, 0.05) is 12.0 Å². The molecule has 1 amide bonds. The minimum Gasteiger partial charge on any atom is -0.444 e. The average Bonchev–Trinajstić information content (AvgIpc) is 2.29. The summed E-state index contributed by atoms with van der Waals surface area (Å²) in [5.74, 6) is -3.08. The van der Waals surface area contributed by atoms with Crippen molar-refractivity contribution < 1.29 is 18.3 Å². The van der Waals surface area contributed by atoms with E-state index >= 15 is 0 Å². The standard InChI is InChI=1S/C14H19ClF2N2O2/c1-13(2,3)21-12(20)19-11-8-9(4-5-10(11)15)14(16,17)6-7-18/h4-5,8H,6-7,18H2,1-3H3,(H,19,20). The van der Waals surface area contributed by atoms with Gasteiger partial charge in [-0.15, -0.1) is 0 Å². The van der Waals surface area contributed by atoms with E-state index in [2.05, 4.69) is 5.32 Å². The normalized spacial score (nSPS) is 12.1. The first-order valence-corrected chi connectivity index (χ1v) is 6.81. The van der Waals surface area contributed by atoms with Gasteiger partial charge in [-0.1, -0.05) is 17.7 Å². The molecule has 1 rings (SSSR count). The van der Waals surface area contributed by atoms with Gasteiger partial charge in [0.25, 0.3) is 5.92 Å². The van der Waals surface area contributed by atoms with Gasteiger partial charge in [-0.2, -0.15) is 0 Å². The zero-order valence-electron chi connectivity index (χ0n) is 12.2. The summed E-state index contributed by atoms with van der Waals surface area (Å²) in [6, 6.07) is 3.63. The molecule has 1 aromatic carbocycles. The predicted octanol–water partition coefficient (Wildman–Crippen LogP) is 4.13. The molecule has 0 radical (unpaired) electrons. The summed E-state index contributed by atoms with van der Waals surface area (Å²) in [6.45, 7) is 4.94. The Labute approximate surface area is 127 Å². The van der Waals surface area contributed by atoms with Crippen LogP contribution in [0.15, 0.2) is 18.2 Å². The van der Waals surface area contributed by atoms with Gasteiger partial charge in [-0.05, 0) is 39.4 Å². The third kappa shape index (κ3) is 5.47. The minimum atomic E-state index is -3.08. The number of amides is 1. The molecule has 0 aliphatic rings. The summed E-state index contributed by atoms with van der Waals surface area (Å²) in [5.41, 5.74) is 4.29. The van der Waals surface area contributed by atoms with Crippen LogP contribution in [0, 0.1) is 0 Å². The average molecular weight is 321 g/mol. The van der Waals surface area contributed by atoms with E-state index in [-0.39, 0.29) is 22.8 Å². The summed E-state index contributed by atoms with van der Waals surface area (Å²) >= 11 is 5.90. The Morgan fingerprint density at radius 3 is 2.52 bits per heavy atom. The molecule has 0 atom stereocenters. The van der Waals surface area contributed by atoms with Crippen LogP contribution in [0.25, 0.3) is 0 Å². The van der Waals surface area contributed by atoms with Crippen LogP contribution in [0.1, 0.15) is 32.8 Å². The Bertz CT molecular complexity index is 516. The molecule has 21 heavy (non-hydrogen) atoms. The van der Waals surface area contributed by atoms with Gasteiger partial charge in [0.05, 0.1) is 10.7 Å². The third-order valence-electron chi connectivity index (χ3n) is 2.48. The molecule has 0 aromatic heterocycles. The predicted molar refractivity (Wildman–Crippen MR) is 78.9 cm³/mol. The number of benzene rings is 1. The number of carbonyl (C=O) groups is 1. The monoisotopic (exact) mass is 320 g/mol. The molecule has 7 heteroatoms. The summed E-state index contributed by atoms with van der Waals surface area (Å²) in [4.78, 5) is 11.7. The lowest BCUT2D eigenvalue weighted by molar-refractivity contribution is -0.0107. The number of anilines is 1. The van der Waals surface area contributed by atoms with Gasteiger partial charge >= 0.3 is 6.09 Å². The lowest BCUT2D eigenvalue weighted by Crippen LogP contribution is -2.27. The van der Waals surface area contributed by atoms with Crippen molar-refractivity contribution in [2.45, 2.75) is 38.7 Å². The van der Waals surface area contributed by atoms with Crippen LogP contribution < -0.4 is 11.1 Å². The minimum absolute atomic E-state index is 0.0695. The molecule has 0 fully saturated rings. The van der Waals surface area contributed by atoms with E-state index in [4.69, 9.17) is 22.1 Å². The van der Waals surface area contributed by atoms with Gasteiger partial charge in [0.1, 0.15) is 5.60 Å². The van der Waals surface area contributed by atoms with Crippen molar-refractivity contribution in [2.75, 3.05) is 11.9 Å². The van der Waals surface area contributed by atoms with E-state index in [9.17, 15) is 13.6 Å². The Balaban J connectivity index is 2.95. The zero-order chi connectivity index (χ0) is 16.3. The quantitative estimate of drug-likeness (QED) is 0.876. The largest absolute Gasteiger partial charge is 0.444 e. The van der Waals surface area contributed by atoms with Crippen molar-refractivity contribution in [2.24, 2.45) is 5.73 Å². The van der Waals surface area contributed by atoms with Gasteiger partial charge in [0.2, 0.25) is 0 Å². The molecule has 118 valence electrons. The van der Waals surface area contributed by atoms with Crippen molar-refractivity contribution >= 4 is 23.4 Å². The second kappa shape index (κ2) is 6.58. The fourth-order valence-corrected chi connectivity index (χ4v) is 1.75. The van der Waals surface area contributed by atoms with Crippen molar-refractivity contribution in [1.82, 2.24) is 0 Å². The molecule has 0 unspecified atom stereocenters. The maximum atomic E-state index is 13.8. The van der Waals surface area contributed by atoms with Crippen LogP contribution in [-0.2, 0) is 10.7 Å². The summed E-state index contributed by atoms with van der Waals surface area (Å²) in [7, 11) is 0. The van der Waals surface area contributed by atoms with Crippen LogP contribution in [0.2, 0.25) is 5.02 Å². The van der Waals surface area contributed by atoms with Gasteiger partial charge in [-0.25, -0.2) is 13.6 Å². The topological polar surface area (TPSA) is 64.3 Å². The summed E-state index contributed by atoms with van der Waals surface area (Å²) in [6.07, 6.45) is -1.25. The highest BCUT2D eigenvalue weighted by Gasteiger charge is 2.31. The number of carbonyl (C=O) groups excluding carboxylic acids is 1. The van der Waals surface area contributed by atoms with Crippen LogP contribution >= 0.6 is 11.6 Å². The smallest absolute Gasteiger partial charge is 0.412 e. The summed E-state index contributed by atoms with van der Waals surface area (Å²) < 4.78 is 32.7. The molecule has 4 nitrogen and oxygen atoms in total. The maximum absolute atomic E-state index is 13.8. The number of hydrogen-bond donors (Lipinski definition) is 2. The van der Waals surface area contributed by atoms with Crippen molar-refractivity contribution in [3.63, 3.8) is 0 Å². The number of halogens is 3. The number of hydrogen-bond acceptors (Lipinski definition) is 3. The lowest BCUT2D eigenvalue weighted by Gasteiger charge is -2.21. The number of nitrogens with one attached hydrogen (secondary N) is 1. The second-order valence-corrected chi connectivity index (χ2v) is 5.97. The highest BCUT2D eigenvalue weighted by molar-refractivity contribution is 6.33. The summed E-state index contributed by atoms with van der Waals surface area (Å²) in [5, 5.41) is 2.51. The molecule has 3 N–H and O–H groups in total. The number of rotatable bonds is 4. The molecule has 0 aliphatic carbocycles. The molecule has 0 saturated carbocycles. The molecule has 0 spiro atoms. The number of alkyl halides is 2. The van der Waals surface area contributed by atoms with Crippen LogP contribution in [0.3, 0.4) is 0 Å². The maximum Gasteiger partial charge on any atom is 0.412 e. The molecule has 0 aliphatic heterocycles. The van der Waals surface area contributed by atoms with E-state index in [0.29, 0.717) is 0 Å². The first-order chi connectivity index (χ1) is 9.55. The second-order valence-electron chi connectivity index (χ2n) is 5.56. The molecule has 1 aromatic rings. The Kier molecular flexibility index (Phi) is 5.53. The van der Waals surface area contributed by atoms with E-state index in [0.717, 1.165) is 6.07 Å². The SMILES string of the molecule is CC(C)(C)OC(=O)Nc1cc(C(F)(F)CCN)ccc1Cl. The van der Waals surface area contributed by atoms with E-state index in [1.165, 1.54) is 12.1 Å². The highest BCUT2D eigenvalue weighted by atomic mass is 35.5. The number of nitrogens with two attached hydrogens (primary N) is 1. The molecular formula is C14H19ClF2N2O2. The fourth-order valence-electron chi connectivity index (χ4n) is 1.59. The number of ether oxygens (including phenoxy) is 1. The Hall–Kier alpha value is -1.40. The van der Waals surface area contributed by atoms with Crippen molar-refractivity contribution in [1.29, 1.82) is 0 Å². The third-order valence-corrected chi connectivity index (χ3v) is 2.81. The first-order valence-electron chi connectivity index (χ1n) is 6.43. The van der Waals surface area contributed by atoms with Crippen molar-refractivity contribution in [3.8, 4) is 0 Å². The fraction of sp³-hybridized carbons (Fsp3) is 0.500. The van der Waals surface area contributed by atoms with Gasteiger partial charge < -0.3 is 10.5 Å². The Morgan fingerprint density at radius 2 is 2.00 bits per heavy atom. The van der Waals surface area contributed by atoms with E-state index in [1.54, 1.807) is 20.8 Å². The van der Waals surface area contributed by atoms with E-state index in [1.807, 2.05) is 0 Å². The molecule has 0 bridgehead atoms. The highest BCUT2D eigenvalue weighted by Crippen LogP contribution is 2.35. The van der Waals surface area contributed by atoms with Crippen LogP contribution in [-0.4, -0.2) is 18.2 Å². The van der Waals surface area contributed by atoms with Crippen molar-refractivity contribution in [3.05, 3.63) is 28.8 Å². The zero-order valence-corrected chi connectivity index (χ0v) is 12.9. The Morgan fingerprint density at radius 1 is 1.38 bits per heavy atom. The molecular weight excluding hydrogens is 302 g/mol. The van der Waals surface area contributed by atoms with Crippen LogP contribution in [0.4, 0.5) is 19.3 Å². The first kappa shape index (κ1) is 17.7. The molecule has 0 heterocycles. The van der Waals surface area contributed by atoms with Gasteiger partial charge in [0.15, 0.2) is 0 Å². The van der Waals surface area contributed by atoms with Gasteiger partial charge in [-0.3, -0.25) is 5.32 Å². The van der Waals surface area contributed by atoms with Crippen LogP contribution in [0.5, 0.6) is 0 Å².